The quantitative estimate of drug-likeness (QED) is 0.901. The van der Waals surface area contributed by atoms with Crippen molar-refractivity contribution in [2.45, 2.75) is 13.0 Å². The van der Waals surface area contributed by atoms with Crippen molar-refractivity contribution in [1.82, 2.24) is 5.32 Å². The van der Waals surface area contributed by atoms with Crippen molar-refractivity contribution in [3.63, 3.8) is 0 Å². The summed E-state index contributed by atoms with van der Waals surface area (Å²) < 4.78 is 0. The Morgan fingerprint density at radius 2 is 1.84 bits per heavy atom. The number of rotatable bonds is 4. The molecule has 0 saturated heterocycles. The largest absolute Gasteiger partial charge is 0.508 e. The van der Waals surface area contributed by atoms with E-state index in [1.165, 1.54) is 0 Å². The number of amides is 1. The van der Waals surface area contributed by atoms with Crippen molar-refractivity contribution in [2.75, 3.05) is 0 Å². The molecule has 1 amide bonds. The van der Waals surface area contributed by atoms with Gasteiger partial charge >= 0.3 is 0 Å². The highest BCUT2D eigenvalue weighted by Crippen LogP contribution is 2.12. The lowest BCUT2D eigenvalue weighted by atomic mass is 10.1. The summed E-state index contributed by atoms with van der Waals surface area (Å²) in [4.78, 5) is 11.8. The van der Waals surface area contributed by atoms with Crippen molar-refractivity contribution in [3.8, 4) is 5.75 Å². The van der Waals surface area contributed by atoms with Gasteiger partial charge in [-0.15, -0.1) is 0 Å². The Labute approximate surface area is 116 Å². The summed E-state index contributed by atoms with van der Waals surface area (Å²) in [5.41, 5.74) is 1.74. The third-order valence-electron chi connectivity index (χ3n) is 2.65. The molecule has 0 fully saturated rings. The Morgan fingerprint density at radius 3 is 2.58 bits per heavy atom. The van der Waals surface area contributed by atoms with Gasteiger partial charge in [0.25, 0.3) is 0 Å². The lowest BCUT2D eigenvalue weighted by Crippen LogP contribution is -2.24. The molecule has 0 heterocycles. The predicted molar refractivity (Wildman–Crippen MR) is 75.1 cm³/mol. The zero-order chi connectivity index (χ0) is 13.7. The molecule has 4 heteroatoms. The summed E-state index contributed by atoms with van der Waals surface area (Å²) in [6, 6.07) is 14.0. The lowest BCUT2D eigenvalue weighted by Gasteiger charge is -2.06. The van der Waals surface area contributed by atoms with Crippen LogP contribution in [0.2, 0.25) is 5.02 Å². The first kappa shape index (κ1) is 13.4. The number of benzene rings is 2. The van der Waals surface area contributed by atoms with Gasteiger partial charge in [-0.1, -0.05) is 35.9 Å². The third kappa shape index (κ3) is 4.30. The third-order valence-corrected chi connectivity index (χ3v) is 2.89. The van der Waals surface area contributed by atoms with E-state index in [9.17, 15) is 9.90 Å². The highest BCUT2D eigenvalue weighted by atomic mass is 35.5. The Hall–Kier alpha value is -2.00. The number of halogens is 1. The van der Waals surface area contributed by atoms with E-state index in [-0.39, 0.29) is 11.7 Å². The van der Waals surface area contributed by atoms with Crippen LogP contribution in [0.15, 0.2) is 48.5 Å². The van der Waals surface area contributed by atoms with Gasteiger partial charge in [0.05, 0.1) is 6.42 Å². The summed E-state index contributed by atoms with van der Waals surface area (Å²) in [7, 11) is 0. The Balaban J connectivity index is 1.88. The van der Waals surface area contributed by atoms with Crippen molar-refractivity contribution in [3.05, 3.63) is 64.7 Å². The Bertz CT molecular complexity index is 584. The van der Waals surface area contributed by atoms with E-state index < -0.39 is 0 Å². The number of carbonyl (C=O) groups excluding carboxylic acids is 1. The molecule has 0 atom stereocenters. The van der Waals surface area contributed by atoms with Crippen molar-refractivity contribution >= 4 is 17.5 Å². The Kier molecular flexibility index (Phi) is 4.42. The van der Waals surface area contributed by atoms with Gasteiger partial charge in [-0.2, -0.15) is 0 Å². The second-order valence-corrected chi connectivity index (χ2v) is 4.69. The molecule has 0 aliphatic rings. The van der Waals surface area contributed by atoms with Gasteiger partial charge in [-0.05, 0) is 35.4 Å². The molecular formula is C15H14ClNO2. The zero-order valence-electron chi connectivity index (χ0n) is 10.3. The molecule has 0 aromatic heterocycles. The van der Waals surface area contributed by atoms with Gasteiger partial charge in [0, 0.05) is 11.6 Å². The normalized spacial score (nSPS) is 10.2. The minimum Gasteiger partial charge on any atom is -0.508 e. The van der Waals surface area contributed by atoms with Crippen LogP contribution in [-0.2, 0) is 17.8 Å². The molecule has 0 aliphatic carbocycles. The van der Waals surface area contributed by atoms with E-state index in [0.29, 0.717) is 18.0 Å². The van der Waals surface area contributed by atoms with E-state index in [1.54, 1.807) is 30.3 Å². The fourth-order valence-corrected chi connectivity index (χ4v) is 1.97. The average Bonchev–Trinajstić information content (AvgIpc) is 2.36. The minimum atomic E-state index is -0.0781. The van der Waals surface area contributed by atoms with Gasteiger partial charge in [0.2, 0.25) is 5.91 Å². The number of phenols is 1. The molecule has 0 spiro atoms. The monoisotopic (exact) mass is 275 g/mol. The average molecular weight is 276 g/mol. The number of hydrogen-bond donors (Lipinski definition) is 2. The standard InChI is InChI=1S/C15H14ClNO2/c16-13-5-1-3-11(7-13)9-15(19)17-10-12-4-2-6-14(18)8-12/h1-8,18H,9-10H2,(H,17,19). The molecule has 98 valence electrons. The van der Waals surface area contributed by atoms with Crippen LogP contribution in [0.25, 0.3) is 0 Å². The zero-order valence-corrected chi connectivity index (χ0v) is 11.0. The van der Waals surface area contributed by atoms with E-state index in [4.69, 9.17) is 11.6 Å². The summed E-state index contributed by atoms with van der Waals surface area (Å²) in [5.74, 6) is 0.118. The predicted octanol–water partition coefficient (Wildman–Crippen LogP) is 2.90. The number of aromatic hydroxyl groups is 1. The molecule has 2 N–H and O–H groups in total. The SMILES string of the molecule is O=C(Cc1cccc(Cl)c1)NCc1cccc(O)c1. The maximum absolute atomic E-state index is 11.8. The first-order valence-electron chi connectivity index (χ1n) is 5.92. The van der Waals surface area contributed by atoms with Gasteiger partial charge in [-0.25, -0.2) is 0 Å². The van der Waals surface area contributed by atoms with Crippen molar-refractivity contribution < 1.29 is 9.90 Å². The number of carbonyl (C=O) groups is 1. The number of nitrogens with one attached hydrogen (secondary N) is 1. The fourth-order valence-electron chi connectivity index (χ4n) is 1.76. The molecule has 0 radical (unpaired) electrons. The Morgan fingerprint density at radius 1 is 1.11 bits per heavy atom. The van der Waals surface area contributed by atoms with Crippen LogP contribution < -0.4 is 5.32 Å². The van der Waals surface area contributed by atoms with Crippen LogP contribution in [0.4, 0.5) is 0 Å². The van der Waals surface area contributed by atoms with Crippen molar-refractivity contribution in [2.24, 2.45) is 0 Å². The maximum atomic E-state index is 11.8. The number of phenolic OH excluding ortho intramolecular Hbond substituents is 1. The highest BCUT2D eigenvalue weighted by Gasteiger charge is 2.04. The summed E-state index contributed by atoms with van der Waals surface area (Å²) >= 11 is 5.86. The summed E-state index contributed by atoms with van der Waals surface area (Å²) in [5, 5.41) is 12.7. The van der Waals surface area contributed by atoms with Crippen LogP contribution in [0.1, 0.15) is 11.1 Å². The van der Waals surface area contributed by atoms with Gasteiger partial charge in [-0.3, -0.25) is 4.79 Å². The molecule has 2 aromatic carbocycles. The maximum Gasteiger partial charge on any atom is 0.224 e. The van der Waals surface area contributed by atoms with Crippen LogP contribution in [-0.4, -0.2) is 11.0 Å². The van der Waals surface area contributed by atoms with E-state index in [2.05, 4.69) is 5.32 Å². The molecule has 0 saturated carbocycles. The van der Waals surface area contributed by atoms with E-state index in [1.807, 2.05) is 18.2 Å². The highest BCUT2D eigenvalue weighted by molar-refractivity contribution is 6.30. The van der Waals surface area contributed by atoms with Gasteiger partial charge < -0.3 is 10.4 Å². The second-order valence-electron chi connectivity index (χ2n) is 4.25. The van der Waals surface area contributed by atoms with E-state index in [0.717, 1.165) is 11.1 Å². The number of hydrogen-bond acceptors (Lipinski definition) is 2. The van der Waals surface area contributed by atoms with Gasteiger partial charge in [0.15, 0.2) is 0 Å². The van der Waals surface area contributed by atoms with Crippen LogP contribution >= 0.6 is 11.6 Å². The molecule has 3 nitrogen and oxygen atoms in total. The molecular weight excluding hydrogens is 262 g/mol. The van der Waals surface area contributed by atoms with Crippen LogP contribution in [0.3, 0.4) is 0 Å². The van der Waals surface area contributed by atoms with Crippen molar-refractivity contribution in [1.29, 1.82) is 0 Å². The van der Waals surface area contributed by atoms with Gasteiger partial charge in [0.1, 0.15) is 5.75 Å². The lowest BCUT2D eigenvalue weighted by molar-refractivity contribution is -0.120. The molecule has 2 aromatic rings. The van der Waals surface area contributed by atoms with Crippen LogP contribution in [0.5, 0.6) is 5.75 Å². The topological polar surface area (TPSA) is 49.3 Å². The summed E-state index contributed by atoms with van der Waals surface area (Å²) in [6.07, 6.45) is 0.291. The molecule has 0 aliphatic heterocycles. The molecule has 2 rings (SSSR count). The fraction of sp³-hybridized carbons (Fsp3) is 0.133. The summed E-state index contributed by atoms with van der Waals surface area (Å²) in [6.45, 7) is 0.397. The first-order chi connectivity index (χ1) is 9.13. The smallest absolute Gasteiger partial charge is 0.224 e. The van der Waals surface area contributed by atoms with E-state index >= 15 is 0 Å². The first-order valence-corrected chi connectivity index (χ1v) is 6.30. The molecule has 0 bridgehead atoms. The second kappa shape index (κ2) is 6.25. The minimum absolute atomic E-state index is 0.0781. The molecule has 19 heavy (non-hydrogen) atoms. The molecule has 0 unspecified atom stereocenters. The van der Waals surface area contributed by atoms with Crippen LogP contribution in [0, 0.1) is 0 Å².